The summed E-state index contributed by atoms with van der Waals surface area (Å²) < 4.78 is 80.1. The number of rotatable bonds is 3. The molecule has 0 aromatic heterocycles. The van der Waals surface area contributed by atoms with Gasteiger partial charge in [0.25, 0.3) is 0 Å². The molecule has 0 saturated carbocycles. The van der Waals surface area contributed by atoms with Crippen LogP contribution in [0.5, 0.6) is 5.75 Å². The summed E-state index contributed by atoms with van der Waals surface area (Å²) in [5.41, 5.74) is 5.05. The molecule has 118 valence electrons. The number of halogens is 6. The van der Waals surface area contributed by atoms with Crippen molar-refractivity contribution in [3.05, 3.63) is 65.0 Å². The normalized spacial score (nSPS) is 13.0. The fraction of sp³-hybridized carbons (Fsp3) is 0.143. The lowest BCUT2D eigenvalue weighted by Gasteiger charge is -2.15. The molecule has 2 aromatic carbocycles. The Morgan fingerprint density at radius 2 is 1.41 bits per heavy atom. The van der Waals surface area contributed by atoms with Crippen LogP contribution in [0.1, 0.15) is 17.2 Å². The SMILES string of the molecule is N[C@H](c1ccc(OC(F)(F)F)cc1)c1c(F)ccc(F)c1F. The average molecular weight is 321 g/mol. The third kappa shape index (κ3) is 3.51. The van der Waals surface area contributed by atoms with Crippen molar-refractivity contribution in [2.45, 2.75) is 12.4 Å². The molecule has 0 aliphatic heterocycles. The van der Waals surface area contributed by atoms with E-state index < -0.39 is 41.2 Å². The summed E-state index contributed by atoms with van der Waals surface area (Å²) in [4.78, 5) is 0. The first-order valence-corrected chi connectivity index (χ1v) is 5.93. The summed E-state index contributed by atoms with van der Waals surface area (Å²) in [6.07, 6.45) is -4.86. The van der Waals surface area contributed by atoms with Crippen molar-refractivity contribution < 1.29 is 31.1 Å². The van der Waals surface area contributed by atoms with Gasteiger partial charge in [-0.3, -0.25) is 0 Å². The van der Waals surface area contributed by atoms with E-state index in [1.807, 2.05) is 0 Å². The second kappa shape index (κ2) is 5.88. The van der Waals surface area contributed by atoms with E-state index in [1.54, 1.807) is 0 Å². The molecule has 22 heavy (non-hydrogen) atoms. The van der Waals surface area contributed by atoms with Crippen LogP contribution < -0.4 is 10.5 Å². The molecule has 0 bridgehead atoms. The molecule has 2 N–H and O–H groups in total. The highest BCUT2D eigenvalue weighted by molar-refractivity contribution is 5.36. The highest BCUT2D eigenvalue weighted by Crippen LogP contribution is 2.29. The van der Waals surface area contributed by atoms with Gasteiger partial charge >= 0.3 is 6.36 Å². The Morgan fingerprint density at radius 3 is 1.95 bits per heavy atom. The minimum absolute atomic E-state index is 0.0953. The molecule has 0 heterocycles. The van der Waals surface area contributed by atoms with Gasteiger partial charge in [0.1, 0.15) is 11.6 Å². The standard InChI is InChI=1S/C14H9F6NO/c15-9-5-6-10(16)12(17)11(9)13(21)7-1-3-8(4-2-7)22-14(18,19)20/h1-6,13H,21H2/t13-/m1/s1. The Balaban J connectivity index is 2.31. The summed E-state index contributed by atoms with van der Waals surface area (Å²) in [5, 5.41) is 0. The van der Waals surface area contributed by atoms with Gasteiger partial charge in [-0.25, -0.2) is 13.2 Å². The van der Waals surface area contributed by atoms with E-state index in [4.69, 9.17) is 5.73 Å². The van der Waals surface area contributed by atoms with Crippen LogP contribution in [-0.2, 0) is 0 Å². The van der Waals surface area contributed by atoms with Crippen molar-refractivity contribution in [1.82, 2.24) is 0 Å². The second-order valence-corrected chi connectivity index (χ2v) is 4.35. The van der Waals surface area contributed by atoms with Crippen molar-refractivity contribution in [1.29, 1.82) is 0 Å². The van der Waals surface area contributed by atoms with E-state index in [0.717, 1.165) is 30.3 Å². The van der Waals surface area contributed by atoms with Crippen LogP contribution in [0.3, 0.4) is 0 Å². The van der Waals surface area contributed by atoms with Crippen LogP contribution >= 0.6 is 0 Å². The van der Waals surface area contributed by atoms with E-state index in [0.29, 0.717) is 6.07 Å². The van der Waals surface area contributed by atoms with E-state index in [1.165, 1.54) is 0 Å². The molecular weight excluding hydrogens is 312 g/mol. The third-order valence-corrected chi connectivity index (χ3v) is 2.86. The molecule has 0 saturated heterocycles. The highest BCUT2D eigenvalue weighted by atomic mass is 19.4. The van der Waals surface area contributed by atoms with Gasteiger partial charge in [-0.05, 0) is 29.8 Å². The number of hydrogen-bond donors (Lipinski definition) is 1. The van der Waals surface area contributed by atoms with Gasteiger partial charge < -0.3 is 10.5 Å². The minimum atomic E-state index is -4.86. The second-order valence-electron chi connectivity index (χ2n) is 4.35. The molecule has 1 atom stereocenters. The Bertz CT molecular complexity index is 668. The Hall–Kier alpha value is -2.22. The zero-order chi connectivity index (χ0) is 16.5. The van der Waals surface area contributed by atoms with Crippen LogP contribution in [0.25, 0.3) is 0 Å². The van der Waals surface area contributed by atoms with E-state index >= 15 is 0 Å². The maximum atomic E-state index is 13.6. The zero-order valence-corrected chi connectivity index (χ0v) is 10.8. The van der Waals surface area contributed by atoms with Crippen LogP contribution in [0.4, 0.5) is 26.3 Å². The van der Waals surface area contributed by atoms with Gasteiger partial charge in [-0.1, -0.05) is 12.1 Å². The van der Waals surface area contributed by atoms with Crippen LogP contribution in [-0.4, -0.2) is 6.36 Å². The Labute approximate surface area is 121 Å². The van der Waals surface area contributed by atoms with Crippen LogP contribution in [0.2, 0.25) is 0 Å². The smallest absolute Gasteiger partial charge is 0.406 e. The van der Waals surface area contributed by atoms with Gasteiger partial charge in [0, 0.05) is 5.56 Å². The number of ether oxygens (including phenoxy) is 1. The lowest BCUT2D eigenvalue weighted by atomic mass is 9.98. The number of benzene rings is 2. The van der Waals surface area contributed by atoms with E-state index in [9.17, 15) is 26.3 Å². The third-order valence-electron chi connectivity index (χ3n) is 2.86. The molecule has 8 heteroatoms. The quantitative estimate of drug-likeness (QED) is 0.684. The summed E-state index contributed by atoms with van der Waals surface area (Å²) in [6, 6.07) is 4.05. The maximum Gasteiger partial charge on any atom is 0.573 e. The van der Waals surface area contributed by atoms with Crippen LogP contribution in [0, 0.1) is 17.5 Å². The lowest BCUT2D eigenvalue weighted by Crippen LogP contribution is -2.18. The summed E-state index contributed by atoms with van der Waals surface area (Å²) in [7, 11) is 0. The maximum absolute atomic E-state index is 13.6. The molecule has 0 spiro atoms. The first-order valence-electron chi connectivity index (χ1n) is 5.93. The molecule has 0 aliphatic carbocycles. The van der Waals surface area contributed by atoms with Crippen LogP contribution in [0.15, 0.2) is 36.4 Å². The minimum Gasteiger partial charge on any atom is -0.406 e. The van der Waals surface area contributed by atoms with Crippen molar-refractivity contribution in [3.63, 3.8) is 0 Å². The average Bonchev–Trinajstić information content (AvgIpc) is 2.42. The number of hydrogen-bond acceptors (Lipinski definition) is 2. The fourth-order valence-corrected chi connectivity index (χ4v) is 1.87. The number of alkyl halides is 3. The number of nitrogens with two attached hydrogens (primary N) is 1. The molecule has 0 aliphatic rings. The first-order chi connectivity index (χ1) is 10.2. The van der Waals surface area contributed by atoms with Gasteiger partial charge in [0.2, 0.25) is 0 Å². The first kappa shape index (κ1) is 16.2. The van der Waals surface area contributed by atoms with E-state index in [2.05, 4.69) is 4.74 Å². The fourth-order valence-electron chi connectivity index (χ4n) is 1.87. The van der Waals surface area contributed by atoms with Gasteiger partial charge in [0.15, 0.2) is 11.6 Å². The van der Waals surface area contributed by atoms with Crippen molar-refractivity contribution in [3.8, 4) is 5.75 Å². The summed E-state index contributed by atoms with van der Waals surface area (Å²) >= 11 is 0. The van der Waals surface area contributed by atoms with Gasteiger partial charge in [-0.15, -0.1) is 13.2 Å². The zero-order valence-electron chi connectivity index (χ0n) is 10.8. The van der Waals surface area contributed by atoms with Crippen molar-refractivity contribution >= 4 is 0 Å². The molecular formula is C14H9F6NO. The van der Waals surface area contributed by atoms with Gasteiger partial charge in [-0.2, -0.15) is 0 Å². The molecule has 2 aromatic rings. The molecule has 0 amide bonds. The monoisotopic (exact) mass is 321 g/mol. The molecule has 0 radical (unpaired) electrons. The molecule has 2 rings (SSSR count). The predicted molar refractivity (Wildman–Crippen MR) is 65.5 cm³/mol. The topological polar surface area (TPSA) is 35.2 Å². The van der Waals surface area contributed by atoms with Crippen molar-refractivity contribution in [2.24, 2.45) is 5.73 Å². The summed E-state index contributed by atoms with van der Waals surface area (Å²) in [6.45, 7) is 0. The molecule has 2 nitrogen and oxygen atoms in total. The predicted octanol–water partition coefficient (Wildman–Crippen LogP) is 4.05. The van der Waals surface area contributed by atoms with E-state index in [-0.39, 0.29) is 5.56 Å². The molecule has 0 unspecified atom stereocenters. The molecule has 0 fully saturated rings. The Morgan fingerprint density at radius 1 is 0.864 bits per heavy atom. The van der Waals surface area contributed by atoms with Gasteiger partial charge in [0.05, 0.1) is 6.04 Å². The lowest BCUT2D eigenvalue weighted by molar-refractivity contribution is -0.274. The largest absolute Gasteiger partial charge is 0.573 e. The summed E-state index contributed by atoms with van der Waals surface area (Å²) in [5.74, 6) is -4.28. The van der Waals surface area contributed by atoms with Crippen molar-refractivity contribution in [2.75, 3.05) is 0 Å². The Kier molecular flexibility index (Phi) is 4.32. The highest BCUT2D eigenvalue weighted by Gasteiger charge is 2.31.